The number of nitrogens with one attached hydrogen (secondary N) is 1. The molecule has 0 aromatic heterocycles. The molecule has 0 unspecified atom stereocenters. The molecule has 0 aliphatic carbocycles. The summed E-state index contributed by atoms with van der Waals surface area (Å²) in [6.07, 6.45) is 2.16. The summed E-state index contributed by atoms with van der Waals surface area (Å²) in [5, 5.41) is 3.06. The Bertz CT molecular complexity index is 661. The van der Waals surface area contributed by atoms with Crippen LogP contribution in [0.1, 0.15) is 56.8 Å². The van der Waals surface area contributed by atoms with E-state index in [1.165, 1.54) is 11.1 Å². The number of hydrogen-bond acceptors (Lipinski definition) is 2. The highest BCUT2D eigenvalue weighted by atomic mass is 16.5. The molecule has 1 amide bonds. The van der Waals surface area contributed by atoms with Crippen LogP contribution in [0.15, 0.2) is 48.5 Å². The lowest BCUT2D eigenvalue weighted by Gasteiger charge is -2.21. The molecule has 0 radical (unpaired) electrons. The Morgan fingerprint density at radius 3 is 1.92 bits per heavy atom. The summed E-state index contributed by atoms with van der Waals surface area (Å²) in [5.74, 6) is 0.660. The summed E-state index contributed by atoms with van der Waals surface area (Å²) >= 11 is 0. The highest BCUT2D eigenvalue weighted by molar-refractivity contribution is 5.81. The third-order valence-corrected chi connectivity index (χ3v) is 4.52. The van der Waals surface area contributed by atoms with E-state index in [4.69, 9.17) is 4.74 Å². The zero-order valence-electron chi connectivity index (χ0n) is 15.7. The first-order valence-electron chi connectivity index (χ1n) is 9.22. The predicted molar refractivity (Wildman–Crippen MR) is 103 cm³/mol. The summed E-state index contributed by atoms with van der Waals surface area (Å²) in [6.45, 7) is 8.22. The van der Waals surface area contributed by atoms with Crippen LogP contribution in [0.2, 0.25) is 0 Å². The number of aryl methyl sites for hydroxylation is 2. The molecule has 3 heteroatoms. The van der Waals surface area contributed by atoms with Gasteiger partial charge in [0.05, 0.1) is 6.04 Å². The maximum Gasteiger partial charge on any atom is 0.261 e. The summed E-state index contributed by atoms with van der Waals surface area (Å²) in [5.41, 5.74) is 3.66. The van der Waals surface area contributed by atoms with E-state index < -0.39 is 6.10 Å². The van der Waals surface area contributed by atoms with Gasteiger partial charge in [0.15, 0.2) is 6.10 Å². The van der Waals surface area contributed by atoms with Gasteiger partial charge >= 0.3 is 0 Å². The van der Waals surface area contributed by atoms with Crippen molar-refractivity contribution in [2.75, 3.05) is 0 Å². The quantitative estimate of drug-likeness (QED) is 0.747. The first kappa shape index (κ1) is 19.0. The van der Waals surface area contributed by atoms with Crippen LogP contribution < -0.4 is 10.1 Å². The SMILES string of the molecule is CCc1ccc(O[C@H](CC)C(=O)N[C@@H](C)c2ccc(CC)cc2)cc1. The van der Waals surface area contributed by atoms with Crippen molar-refractivity contribution in [2.45, 2.75) is 59.1 Å². The van der Waals surface area contributed by atoms with E-state index in [0.717, 1.165) is 24.2 Å². The summed E-state index contributed by atoms with van der Waals surface area (Å²) in [6, 6.07) is 16.3. The lowest BCUT2D eigenvalue weighted by molar-refractivity contribution is -0.128. The monoisotopic (exact) mass is 339 g/mol. The second-order valence-corrected chi connectivity index (χ2v) is 6.34. The van der Waals surface area contributed by atoms with Crippen molar-refractivity contribution in [3.05, 3.63) is 65.2 Å². The summed E-state index contributed by atoms with van der Waals surface area (Å²) in [7, 11) is 0. The minimum atomic E-state index is -0.482. The molecule has 2 rings (SSSR count). The Labute approximate surface area is 151 Å². The Hall–Kier alpha value is -2.29. The van der Waals surface area contributed by atoms with E-state index >= 15 is 0 Å². The second-order valence-electron chi connectivity index (χ2n) is 6.34. The molecule has 0 aliphatic heterocycles. The molecule has 0 heterocycles. The summed E-state index contributed by atoms with van der Waals surface area (Å²) in [4.78, 5) is 12.6. The fourth-order valence-electron chi connectivity index (χ4n) is 2.72. The minimum Gasteiger partial charge on any atom is -0.481 e. The third kappa shape index (κ3) is 5.35. The van der Waals surface area contributed by atoms with Crippen molar-refractivity contribution in [1.82, 2.24) is 5.32 Å². The Balaban J connectivity index is 1.97. The average Bonchev–Trinajstić information content (AvgIpc) is 2.66. The van der Waals surface area contributed by atoms with Crippen molar-refractivity contribution in [3.63, 3.8) is 0 Å². The van der Waals surface area contributed by atoms with Gasteiger partial charge in [-0.25, -0.2) is 0 Å². The van der Waals surface area contributed by atoms with E-state index in [1.54, 1.807) is 0 Å². The van der Waals surface area contributed by atoms with Crippen LogP contribution in [0.4, 0.5) is 0 Å². The van der Waals surface area contributed by atoms with Crippen LogP contribution in [-0.4, -0.2) is 12.0 Å². The van der Waals surface area contributed by atoms with Crippen LogP contribution in [0.3, 0.4) is 0 Å². The van der Waals surface area contributed by atoms with Gasteiger partial charge in [-0.05, 0) is 55.0 Å². The zero-order chi connectivity index (χ0) is 18.2. The zero-order valence-corrected chi connectivity index (χ0v) is 15.7. The van der Waals surface area contributed by atoms with Gasteiger partial charge in [-0.2, -0.15) is 0 Å². The normalized spacial score (nSPS) is 13.1. The standard InChI is InChI=1S/C22H29NO2/c1-5-17-8-12-19(13-9-17)16(4)23-22(24)21(7-3)25-20-14-10-18(6-2)11-15-20/h8-16,21H,5-7H2,1-4H3,(H,23,24)/t16-,21+/m0/s1. The fourth-order valence-corrected chi connectivity index (χ4v) is 2.72. The van der Waals surface area contributed by atoms with Crippen LogP contribution >= 0.6 is 0 Å². The second kappa shape index (κ2) is 9.26. The Kier molecular flexibility index (Phi) is 7.05. The number of carbonyl (C=O) groups excluding carboxylic acids is 1. The molecule has 2 atom stereocenters. The highest BCUT2D eigenvalue weighted by Crippen LogP contribution is 2.17. The molecule has 134 valence electrons. The van der Waals surface area contributed by atoms with Crippen molar-refractivity contribution in [1.29, 1.82) is 0 Å². The molecule has 0 bridgehead atoms. The average molecular weight is 339 g/mol. The minimum absolute atomic E-state index is 0.0430. The van der Waals surface area contributed by atoms with E-state index in [1.807, 2.05) is 38.1 Å². The van der Waals surface area contributed by atoms with E-state index in [0.29, 0.717) is 6.42 Å². The molecule has 2 aromatic rings. The van der Waals surface area contributed by atoms with Crippen molar-refractivity contribution in [2.24, 2.45) is 0 Å². The molecule has 1 N–H and O–H groups in total. The van der Waals surface area contributed by atoms with Gasteiger partial charge in [-0.3, -0.25) is 4.79 Å². The van der Waals surface area contributed by atoms with Gasteiger partial charge in [0.2, 0.25) is 0 Å². The van der Waals surface area contributed by atoms with Crippen LogP contribution in [0.5, 0.6) is 5.75 Å². The Morgan fingerprint density at radius 2 is 1.44 bits per heavy atom. The number of benzene rings is 2. The highest BCUT2D eigenvalue weighted by Gasteiger charge is 2.20. The Morgan fingerprint density at radius 1 is 0.920 bits per heavy atom. The van der Waals surface area contributed by atoms with Gasteiger partial charge in [0, 0.05) is 0 Å². The van der Waals surface area contributed by atoms with Gasteiger partial charge in [0.25, 0.3) is 5.91 Å². The molecule has 0 aliphatic rings. The predicted octanol–water partition coefficient (Wildman–Crippen LogP) is 4.85. The number of hydrogen-bond donors (Lipinski definition) is 1. The number of rotatable bonds is 8. The maximum absolute atomic E-state index is 12.6. The number of ether oxygens (including phenoxy) is 1. The largest absolute Gasteiger partial charge is 0.481 e. The van der Waals surface area contributed by atoms with E-state index in [9.17, 15) is 4.79 Å². The van der Waals surface area contributed by atoms with E-state index in [2.05, 4.69) is 43.4 Å². The third-order valence-electron chi connectivity index (χ3n) is 4.52. The van der Waals surface area contributed by atoms with Crippen molar-refractivity contribution in [3.8, 4) is 5.75 Å². The molecule has 0 spiro atoms. The lowest BCUT2D eigenvalue weighted by Crippen LogP contribution is -2.39. The molecule has 0 saturated carbocycles. The van der Waals surface area contributed by atoms with Crippen LogP contribution in [0.25, 0.3) is 0 Å². The maximum atomic E-state index is 12.6. The van der Waals surface area contributed by atoms with Crippen molar-refractivity contribution < 1.29 is 9.53 Å². The number of carbonyl (C=O) groups is 1. The van der Waals surface area contributed by atoms with Gasteiger partial charge in [-0.1, -0.05) is 57.2 Å². The molecule has 0 saturated heterocycles. The smallest absolute Gasteiger partial charge is 0.261 e. The van der Waals surface area contributed by atoms with Crippen molar-refractivity contribution >= 4 is 5.91 Å². The van der Waals surface area contributed by atoms with Crippen LogP contribution in [-0.2, 0) is 17.6 Å². The fraction of sp³-hybridized carbons (Fsp3) is 0.409. The van der Waals surface area contributed by atoms with Gasteiger partial charge in [0.1, 0.15) is 5.75 Å². The number of amides is 1. The first-order valence-corrected chi connectivity index (χ1v) is 9.22. The van der Waals surface area contributed by atoms with Gasteiger partial charge < -0.3 is 10.1 Å². The van der Waals surface area contributed by atoms with Crippen LogP contribution in [0, 0.1) is 0 Å². The molecule has 25 heavy (non-hydrogen) atoms. The topological polar surface area (TPSA) is 38.3 Å². The first-order chi connectivity index (χ1) is 12.1. The molecular formula is C22H29NO2. The lowest BCUT2D eigenvalue weighted by atomic mass is 10.0. The molecule has 2 aromatic carbocycles. The molecule has 0 fully saturated rings. The molecule has 3 nitrogen and oxygen atoms in total. The molecular weight excluding hydrogens is 310 g/mol. The van der Waals surface area contributed by atoms with E-state index in [-0.39, 0.29) is 11.9 Å². The summed E-state index contributed by atoms with van der Waals surface area (Å²) < 4.78 is 5.89. The van der Waals surface area contributed by atoms with Gasteiger partial charge in [-0.15, -0.1) is 0 Å².